The van der Waals surface area contributed by atoms with Crippen LogP contribution in [0.15, 0.2) is 72.8 Å². The maximum atomic E-state index is 14.5. The van der Waals surface area contributed by atoms with E-state index in [0.29, 0.717) is 0 Å². The van der Waals surface area contributed by atoms with Crippen LogP contribution in [-0.4, -0.2) is 16.1 Å². The SMILES string of the molecule is O[C@H](c1ccccc1)C(F)(F)[C@H](O)c1ccc2ccccc2c1. The summed E-state index contributed by atoms with van der Waals surface area (Å²) in [6.07, 6.45) is -4.17. The highest BCUT2D eigenvalue weighted by molar-refractivity contribution is 5.83. The molecule has 3 aromatic rings. The van der Waals surface area contributed by atoms with E-state index in [1.54, 1.807) is 36.4 Å². The van der Waals surface area contributed by atoms with Crippen LogP contribution in [-0.2, 0) is 0 Å². The zero-order chi connectivity index (χ0) is 16.4. The van der Waals surface area contributed by atoms with Gasteiger partial charge in [-0.05, 0) is 28.0 Å². The van der Waals surface area contributed by atoms with Gasteiger partial charge in [0.2, 0.25) is 0 Å². The van der Waals surface area contributed by atoms with Gasteiger partial charge in [0.05, 0.1) is 0 Å². The summed E-state index contributed by atoms with van der Waals surface area (Å²) in [7, 11) is 0. The molecule has 0 fully saturated rings. The van der Waals surface area contributed by atoms with Gasteiger partial charge in [0.15, 0.2) is 0 Å². The molecule has 0 radical (unpaired) electrons. The van der Waals surface area contributed by atoms with Crippen molar-refractivity contribution >= 4 is 10.8 Å². The molecule has 3 rings (SSSR count). The van der Waals surface area contributed by atoms with Gasteiger partial charge < -0.3 is 10.2 Å². The van der Waals surface area contributed by atoms with Gasteiger partial charge in [-0.1, -0.05) is 66.7 Å². The lowest BCUT2D eigenvalue weighted by atomic mass is 9.93. The van der Waals surface area contributed by atoms with Gasteiger partial charge in [-0.15, -0.1) is 0 Å². The molecule has 2 atom stereocenters. The van der Waals surface area contributed by atoms with E-state index < -0.39 is 18.1 Å². The van der Waals surface area contributed by atoms with Crippen LogP contribution in [0.3, 0.4) is 0 Å². The molecule has 118 valence electrons. The lowest BCUT2D eigenvalue weighted by molar-refractivity contribution is -0.181. The minimum atomic E-state index is -3.70. The number of aliphatic hydroxyl groups is 2. The van der Waals surface area contributed by atoms with Crippen molar-refractivity contribution in [3.63, 3.8) is 0 Å². The molecule has 2 nitrogen and oxygen atoms in total. The second-order valence-corrected chi connectivity index (χ2v) is 5.50. The van der Waals surface area contributed by atoms with E-state index in [0.717, 1.165) is 10.8 Å². The molecule has 0 spiro atoms. The van der Waals surface area contributed by atoms with E-state index in [2.05, 4.69) is 0 Å². The molecule has 0 aliphatic carbocycles. The van der Waals surface area contributed by atoms with Crippen LogP contribution in [0.1, 0.15) is 23.3 Å². The summed E-state index contributed by atoms with van der Waals surface area (Å²) < 4.78 is 29.0. The van der Waals surface area contributed by atoms with Crippen LogP contribution in [0.25, 0.3) is 10.8 Å². The van der Waals surface area contributed by atoms with E-state index in [-0.39, 0.29) is 11.1 Å². The highest BCUT2D eigenvalue weighted by Crippen LogP contribution is 2.41. The monoisotopic (exact) mass is 314 g/mol. The van der Waals surface area contributed by atoms with Gasteiger partial charge in [0, 0.05) is 0 Å². The van der Waals surface area contributed by atoms with E-state index in [1.165, 1.54) is 24.3 Å². The molecule has 0 amide bonds. The Kier molecular flexibility index (Phi) is 4.11. The van der Waals surface area contributed by atoms with Gasteiger partial charge in [-0.2, -0.15) is 0 Å². The van der Waals surface area contributed by atoms with E-state index >= 15 is 0 Å². The number of alkyl halides is 2. The molecule has 0 saturated heterocycles. The molecule has 0 aliphatic rings. The van der Waals surface area contributed by atoms with Crippen LogP contribution >= 0.6 is 0 Å². The summed E-state index contributed by atoms with van der Waals surface area (Å²) >= 11 is 0. The molecule has 4 heteroatoms. The molecule has 0 aromatic heterocycles. The van der Waals surface area contributed by atoms with Crippen LogP contribution in [0.5, 0.6) is 0 Å². The van der Waals surface area contributed by atoms with Crippen LogP contribution < -0.4 is 0 Å². The fraction of sp³-hybridized carbons (Fsp3) is 0.158. The van der Waals surface area contributed by atoms with Crippen molar-refractivity contribution in [2.45, 2.75) is 18.1 Å². The molecule has 0 aliphatic heterocycles. The first-order valence-electron chi connectivity index (χ1n) is 7.28. The minimum absolute atomic E-state index is 0.0670. The number of aliphatic hydroxyl groups excluding tert-OH is 2. The quantitative estimate of drug-likeness (QED) is 0.756. The molecule has 3 aromatic carbocycles. The van der Waals surface area contributed by atoms with Gasteiger partial charge >= 0.3 is 5.92 Å². The summed E-state index contributed by atoms with van der Waals surface area (Å²) in [4.78, 5) is 0. The molecule has 23 heavy (non-hydrogen) atoms. The third kappa shape index (κ3) is 2.96. The standard InChI is InChI=1S/C19H16F2O2/c20-19(21,17(22)14-7-2-1-3-8-14)18(23)16-11-10-13-6-4-5-9-15(13)12-16/h1-12,17-18,22-23H/t17-,18-/m1/s1. The third-order valence-electron chi connectivity index (χ3n) is 3.93. The average molecular weight is 314 g/mol. The summed E-state index contributed by atoms with van der Waals surface area (Å²) in [6, 6.07) is 19.6. The second-order valence-electron chi connectivity index (χ2n) is 5.50. The smallest absolute Gasteiger partial charge is 0.306 e. The Morgan fingerprint density at radius 3 is 1.91 bits per heavy atom. The molecule has 0 bridgehead atoms. The Hall–Kier alpha value is -2.30. The maximum absolute atomic E-state index is 14.5. The Morgan fingerprint density at radius 1 is 0.652 bits per heavy atom. The first kappa shape index (κ1) is 15.6. The van der Waals surface area contributed by atoms with Gasteiger partial charge in [-0.3, -0.25) is 0 Å². The van der Waals surface area contributed by atoms with Gasteiger partial charge in [0.25, 0.3) is 0 Å². The van der Waals surface area contributed by atoms with E-state index in [1.807, 2.05) is 12.1 Å². The van der Waals surface area contributed by atoms with E-state index in [4.69, 9.17) is 0 Å². The molecule has 0 saturated carbocycles. The Balaban J connectivity index is 1.94. The summed E-state index contributed by atoms with van der Waals surface area (Å²) in [5.41, 5.74) is 0.140. The highest BCUT2D eigenvalue weighted by atomic mass is 19.3. The Morgan fingerprint density at radius 2 is 1.22 bits per heavy atom. The van der Waals surface area contributed by atoms with Gasteiger partial charge in [0.1, 0.15) is 12.2 Å². The Labute approximate surface area is 132 Å². The second kappa shape index (κ2) is 6.07. The van der Waals surface area contributed by atoms with Crippen molar-refractivity contribution < 1.29 is 19.0 Å². The molecule has 0 unspecified atom stereocenters. The van der Waals surface area contributed by atoms with E-state index in [9.17, 15) is 19.0 Å². The fourth-order valence-electron chi connectivity index (χ4n) is 2.61. The zero-order valence-electron chi connectivity index (χ0n) is 12.2. The van der Waals surface area contributed by atoms with Crippen LogP contribution in [0, 0.1) is 0 Å². The maximum Gasteiger partial charge on any atom is 0.306 e. The predicted molar refractivity (Wildman–Crippen MR) is 85.3 cm³/mol. The number of benzene rings is 3. The summed E-state index contributed by atoms with van der Waals surface area (Å²) in [6.45, 7) is 0. The topological polar surface area (TPSA) is 40.5 Å². The largest absolute Gasteiger partial charge is 0.382 e. The molecular formula is C19H16F2O2. The minimum Gasteiger partial charge on any atom is -0.382 e. The normalized spacial score (nSPS) is 14.6. The van der Waals surface area contributed by atoms with Crippen molar-refractivity contribution in [1.29, 1.82) is 0 Å². The number of fused-ring (bicyclic) bond motifs is 1. The number of hydrogen-bond acceptors (Lipinski definition) is 2. The first-order chi connectivity index (χ1) is 11.0. The molecular weight excluding hydrogens is 298 g/mol. The number of hydrogen-bond donors (Lipinski definition) is 2. The lowest BCUT2D eigenvalue weighted by Gasteiger charge is -2.28. The van der Waals surface area contributed by atoms with Gasteiger partial charge in [-0.25, -0.2) is 8.78 Å². The van der Waals surface area contributed by atoms with Crippen molar-refractivity contribution in [2.75, 3.05) is 0 Å². The van der Waals surface area contributed by atoms with Crippen LogP contribution in [0.4, 0.5) is 8.78 Å². The number of halogens is 2. The van der Waals surface area contributed by atoms with Crippen LogP contribution in [0.2, 0.25) is 0 Å². The molecule has 2 N–H and O–H groups in total. The van der Waals surface area contributed by atoms with Crippen molar-refractivity contribution in [1.82, 2.24) is 0 Å². The number of rotatable bonds is 4. The summed E-state index contributed by atoms with van der Waals surface area (Å²) in [5.74, 6) is -3.70. The first-order valence-corrected chi connectivity index (χ1v) is 7.28. The van der Waals surface area contributed by atoms with Crippen molar-refractivity contribution in [3.05, 3.63) is 83.9 Å². The predicted octanol–water partition coefficient (Wildman–Crippen LogP) is 4.24. The summed E-state index contributed by atoms with van der Waals surface area (Å²) in [5, 5.41) is 21.8. The lowest BCUT2D eigenvalue weighted by Crippen LogP contribution is -2.33. The molecule has 0 heterocycles. The average Bonchev–Trinajstić information content (AvgIpc) is 2.60. The fourth-order valence-corrected chi connectivity index (χ4v) is 2.61. The zero-order valence-corrected chi connectivity index (χ0v) is 12.2. The Bertz CT molecular complexity index is 803. The van der Waals surface area contributed by atoms with Crippen molar-refractivity contribution in [2.24, 2.45) is 0 Å². The highest BCUT2D eigenvalue weighted by Gasteiger charge is 2.47. The third-order valence-corrected chi connectivity index (χ3v) is 3.93. The van der Waals surface area contributed by atoms with Crippen molar-refractivity contribution in [3.8, 4) is 0 Å².